The third kappa shape index (κ3) is 1.78. The fourth-order valence-electron chi connectivity index (χ4n) is 2.35. The molecule has 4 heteroatoms. The standard InChI is InChI=1S/C15H9IN2Se/c16-14-13(19-15-17-8-9-18(14)15)12-7-3-5-10-4-1-2-6-11(10)12/h1-9H. The van der Waals surface area contributed by atoms with E-state index in [1.165, 1.54) is 29.0 Å². The molecule has 0 unspecified atom stereocenters. The predicted octanol–water partition coefficient (Wildman–Crippen LogP) is 3.82. The Hall–Kier alpha value is -1.10. The molecular formula is C15H9IN2Se. The molecule has 4 rings (SSSR count). The molecule has 0 radical (unpaired) electrons. The molecule has 2 heterocycles. The summed E-state index contributed by atoms with van der Waals surface area (Å²) < 4.78 is 6.13. The third-order valence-electron chi connectivity index (χ3n) is 3.23. The van der Waals surface area contributed by atoms with Gasteiger partial charge in [0.05, 0.1) is 0 Å². The van der Waals surface area contributed by atoms with Crippen molar-refractivity contribution in [2.75, 3.05) is 0 Å². The van der Waals surface area contributed by atoms with Crippen LogP contribution in [0.5, 0.6) is 0 Å². The quantitative estimate of drug-likeness (QED) is 0.336. The van der Waals surface area contributed by atoms with Gasteiger partial charge in [0.2, 0.25) is 0 Å². The van der Waals surface area contributed by atoms with Crippen LogP contribution < -0.4 is 0 Å². The van der Waals surface area contributed by atoms with Crippen LogP contribution in [0.15, 0.2) is 54.9 Å². The second kappa shape index (κ2) is 4.47. The van der Waals surface area contributed by atoms with E-state index >= 15 is 0 Å². The van der Waals surface area contributed by atoms with Crippen molar-refractivity contribution in [3.05, 3.63) is 58.6 Å². The number of hydrogen-bond acceptors (Lipinski definition) is 1. The molecule has 2 aromatic heterocycles. The number of imidazole rings is 1. The van der Waals surface area contributed by atoms with Gasteiger partial charge in [0.15, 0.2) is 0 Å². The Morgan fingerprint density at radius 2 is 1.89 bits per heavy atom. The van der Waals surface area contributed by atoms with E-state index in [0.29, 0.717) is 14.5 Å². The second-order valence-electron chi connectivity index (χ2n) is 4.33. The summed E-state index contributed by atoms with van der Waals surface area (Å²) in [5.41, 5.74) is 1.35. The van der Waals surface area contributed by atoms with E-state index in [-0.39, 0.29) is 0 Å². The average Bonchev–Trinajstić information content (AvgIpc) is 3.02. The van der Waals surface area contributed by atoms with Crippen LogP contribution in [0.3, 0.4) is 0 Å². The maximum atomic E-state index is 4.45. The molecule has 0 spiro atoms. The van der Waals surface area contributed by atoms with Crippen molar-refractivity contribution >= 4 is 52.4 Å². The Labute approximate surface area is 130 Å². The van der Waals surface area contributed by atoms with Gasteiger partial charge in [0.1, 0.15) is 0 Å². The molecule has 0 N–H and O–H groups in total. The molecular weight excluding hydrogens is 414 g/mol. The molecule has 0 fully saturated rings. The molecule has 0 aliphatic rings. The van der Waals surface area contributed by atoms with Gasteiger partial charge in [0.25, 0.3) is 0 Å². The molecule has 0 bridgehead atoms. The Kier molecular flexibility index (Phi) is 2.76. The Bertz CT molecular complexity index is 886. The molecule has 0 amide bonds. The van der Waals surface area contributed by atoms with Gasteiger partial charge in [-0.3, -0.25) is 0 Å². The van der Waals surface area contributed by atoms with Crippen molar-refractivity contribution in [2.45, 2.75) is 0 Å². The number of nitrogens with zero attached hydrogens (tertiary/aromatic N) is 2. The Balaban J connectivity index is 2.09. The van der Waals surface area contributed by atoms with Crippen molar-refractivity contribution in [2.24, 2.45) is 0 Å². The van der Waals surface area contributed by atoms with E-state index in [1.807, 2.05) is 6.20 Å². The van der Waals surface area contributed by atoms with E-state index in [4.69, 9.17) is 0 Å². The van der Waals surface area contributed by atoms with E-state index < -0.39 is 0 Å². The normalized spacial score (nSPS) is 11.4. The van der Waals surface area contributed by atoms with Crippen LogP contribution in [0.4, 0.5) is 0 Å². The first-order chi connectivity index (χ1) is 9.34. The molecule has 0 saturated carbocycles. The summed E-state index contributed by atoms with van der Waals surface area (Å²) >= 11 is 2.73. The molecule has 2 aromatic carbocycles. The fraction of sp³-hybridized carbons (Fsp3) is 0. The third-order valence-corrected chi connectivity index (χ3v) is 7.43. The summed E-state index contributed by atoms with van der Waals surface area (Å²) in [4.78, 5) is 4.45. The molecule has 0 aliphatic carbocycles. The van der Waals surface area contributed by atoms with Crippen LogP contribution in [0.25, 0.3) is 25.3 Å². The van der Waals surface area contributed by atoms with Crippen molar-refractivity contribution in [1.82, 2.24) is 9.38 Å². The number of rotatable bonds is 1. The first-order valence-electron chi connectivity index (χ1n) is 5.94. The molecule has 0 atom stereocenters. The van der Waals surface area contributed by atoms with Crippen molar-refractivity contribution in [1.29, 1.82) is 0 Å². The molecule has 0 saturated heterocycles. The van der Waals surface area contributed by atoms with Gasteiger partial charge in [-0.05, 0) is 0 Å². The van der Waals surface area contributed by atoms with Gasteiger partial charge in [-0.2, -0.15) is 0 Å². The Morgan fingerprint density at radius 1 is 1.05 bits per heavy atom. The van der Waals surface area contributed by atoms with Gasteiger partial charge in [-0.1, -0.05) is 0 Å². The number of benzene rings is 2. The molecule has 92 valence electrons. The van der Waals surface area contributed by atoms with Gasteiger partial charge in [-0.25, -0.2) is 0 Å². The van der Waals surface area contributed by atoms with E-state index in [0.717, 1.165) is 0 Å². The number of hydrogen-bond donors (Lipinski definition) is 0. The first kappa shape index (κ1) is 11.7. The zero-order chi connectivity index (χ0) is 12.8. The Morgan fingerprint density at radius 3 is 2.79 bits per heavy atom. The van der Waals surface area contributed by atoms with Crippen LogP contribution in [0.2, 0.25) is 0 Å². The van der Waals surface area contributed by atoms with Crippen LogP contribution >= 0.6 is 22.6 Å². The summed E-state index contributed by atoms with van der Waals surface area (Å²) in [7, 11) is 0. The van der Waals surface area contributed by atoms with Crippen LogP contribution in [0.1, 0.15) is 0 Å². The number of aromatic nitrogens is 2. The second-order valence-corrected chi connectivity index (χ2v) is 7.40. The number of fused-ring (bicyclic) bond motifs is 2. The van der Waals surface area contributed by atoms with Gasteiger partial charge in [0, 0.05) is 0 Å². The van der Waals surface area contributed by atoms with Crippen molar-refractivity contribution < 1.29 is 0 Å². The van der Waals surface area contributed by atoms with Crippen LogP contribution in [-0.4, -0.2) is 23.9 Å². The van der Waals surface area contributed by atoms with Gasteiger partial charge >= 0.3 is 130 Å². The van der Waals surface area contributed by atoms with E-state index in [2.05, 4.69) is 80.6 Å². The summed E-state index contributed by atoms with van der Waals surface area (Å²) in [5.74, 6) is 0. The summed E-state index contributed by atoms with van der Waals surface area (Å²) in [5, 5.41) is 2.64. The SMILES string of the molecule is Ic1c(-c2cccc3ccccc23)[se]c2nccn12. The molecule has 4 aromatic rings. The average molecular weight is 423 g/mol. The molecule has 0 aliphatic heterocycles. The minimum atomic E-state index is 0.296. The topological polar surface area (TPSA) is 17.3 Å². The van der Waals surface area contributed by atoms with Gasteiger partial charge < -0.3 is 0 Å². The summed E-state index contributed by atoms with van der Waals surface area (Å²) in [6.07, 6.45) is 3.94. The zero-order valence-electron chi connectivity index (χ0n) is 9.88. The summed E-state index contributed by atoms with van der Waals surface area (Å²) in [6.45, 7) is 0. The van der Waals surface area contributed by atoms with E-state index in [1.54, 1.807) is 0 Å². The number of halogens is 1. The van der Waals surface area contributed by atoms with Crippen LogP contribution in [-0.2, 0) is 0 Å². The van der Waals surface area contributed by atoms with E-state index in [9.17, 15) is 0 Å². The minimum absolute atomic E-state index is 0.296. The maximum absolute atomic E-state index is 4.45. The monoisotopic (exact) mass is 424 g/mol. The first-order valence-corrected chi connectivity index (χ1v) is 8.73. The summed E-state index contributed by atoms with van der Waals surface area (Å²) in [6, 6.07) is 15.1. The van der Waals surface area contributed by atoms with Crippen LogP contribution in [0, 0.1) is 3.70 Å². The molecule has 19 heavy (non-hydrogen) atoms. The predicted molar refractivity (Wildman–Crippen MR) is 87.8 cm³/mol. The fourth-order valence-corrected chi connectivity index (χ4v) is 6.10. The van der Waals surface area contributed by atoms with Crippen molar-refractivity contribution in [3.63, 3.8) is 0 Å². The molecule has 2 nitrogen and oxygen atoms in total. The van der Waals surface area contributed by atoms with Crippen molar-refractivity contribution in [3.8, 4) is 10.0 Å². The van der Waals surface area contributed by atoms with Gasteiger partial charge in [-0.15, -0.1) is 0 Å². The zero-order valence-corrected chi connectivity index (χ0v) is 13.7.